The standard InChI is InChI=1S/C28H27N5OS3/c1-3-33-25-20(14-22(27(33)34)24-17(2)37-26(31-24)19-11-13-35-16-19)15-29-28(32-25)30-21-9-7-18(8-10-21)23-6-4-5-12-36-23/h7-11,13-16,23H,3-6,12H2,1-2H3,(H,29,30,32). The van der Waals surface area contributed by atoms with Crippen molar-refractivity contribution in [1.29, 1.82) is 0 Å². The maximum Gasteiger partial charge on any atom is 0.261 e. The molecular formula is C28H27N5OS3. The smallest absolute Gasteiger partial charge is 0.261 e. The molecule has 4 aromatic heterocycles. The van der Waals surface area contributed by atoms with Crippen LogP contribution < -0.4 is 10.9 Å². The molecule has 5 heterocycles. The zero-order chi connectivity index (χ0) is 25.4. The summed E-state index contributed by atoms with van der Waals surface area (Å²) in [7, 11) is 0. The second-order valence-electron chi connectivity index (χ2n) is 9.12. The summed E-state index contributed by atoms with van der Waals surface area (Å²) in [4.78, 5) is 28.7. The molecule has 1 atom stereocenters. The number of benzene rings is 1. The van der Waals surface area contributed by atoms with E-state index in [0.29, 0.717) is 29.0 Å². The lowest BCUT2D eigenvalue weighted by Gasteiger charge is -2.21. The highest BCUT2D eigenvalue weighted by atomic mass is 32.2. The van der Waals surface area contributed by atoms with Crippen molar-refractivity contribution in [2.75, 3.05) is 11.1 Å². The highest BCUT2D eigenvalue weighted by Gasteiger charge is 2.19. The largest absolute Gasteiger partial charge is 0.324 e. The first-order chi connectivity index (χ1) is 18.1. The Morgan fingerprint density at radius 1 is 1.14 bits per heavy atom. The summed E-state index contributed by atoms with van der Waals surface area (Å²) >= 11 is 5.31. The molecule has 1 aliphatic rings. The average molecular weight is 546 g/mol. The third kappa shape index (κ3) is 4.83. The Morgan fingerprint density at radius 2 is 2.00 bits per heavy atom. The Hall–Kier alpha value is -3.01. The van der Waals surface area contributed by atoms with Crippen molar-refractivity contribution in [2.45, 2.75) is 44.9 Å². The number of thioether (sulfide) groups is 1. The van der Waals surface area contributed by atoms with Gasteiger partial charge < -0.3 is 5.32 Å². The fourth-order valence-corrected chi connectivity index (χ4v) is 7.73. The number of nitrogens with zero attached hydrogens (tertiary/aromatic N) is 4. The van der Waals surface area contributed by atoms with Gasteiger partial charge in [0.25, 0.3) is 5.56 Å². The minimum atomic E-state index is -0.0840. The molecule has 5 aromatic rings. The lowest BCUT2D eigenvalue weighted by molar-refractivity contribution is 0.686. The van der Waals surface area contributed by atoms with Crippen molar-refractivity contribution >= 4 is 57.1 Å². The van der Waals surface area contributed by atoms with Crippen molar-refractivity contribution in [2.24, 2.45) is 0 Å². The van der Waals surface area contributed by atoms with Gasteiger partial charge in [0.15, 0.2) is 0 Å². The van der Waals surface area contributed by atoms with Gasteiger partial charge in [-0.05, 0) is 67.7 Å². The van der Waals surface area contributed by atoms with E-state index in [1.165, 1.54) is 30.6 Å². The number of nitrogens with one attached hydrogen (secondary N) is 1. The van der Waals surface area contributed by atoms with Crippen molar-refractivity contribution in [3.63, 3.8) is 0 Å². The van der Waals surface area contributed by atoms with Crippen LogP contribution in [0.15, 0.2) is 58.1 Å². The van der Waals surface area contributed by atoms with E-state index in [9.17, 15) is 4.79 Å². The molecule has 0 aliphatic carbocycles. The highest BCUT2D eigenvalue weighted by molar-refractivity contribution is 7.99. The number of fused-ring (bicyclic) bond motifs is 1. The van der Waals surface area contributed by atoms with Crippen LogP contribution in [0, 0.1) is 6.92 Å². The van der Waals surface area contributed by atoms with Crippen molar-refractivity contribution in [3.05, 3.63) is 74.1 Å². The molecule has 188 valence electrons. The molecule has 1 saturated heterocycles. The Morgan fingerprint density at radius 3 is 2.73 bits per heavy atom. The van der Waals surface area contributed by atoms with Gasteiger partial charge in [-0.1, -0.05) is 18.6 Å². The van der Waals surface area contributed by atoms with Crippen LogP contribution >= 0.6 is 34.4 Å². The van der Waals surface area contributed by atoms with Crippen molar-refractivity contribution < 1.29 is 0 Å². The minimum absolute atomic E-state index is 0.0840. The van der Waals surface area contributed by atoms with Crippen molar-refractivity contribution in [1.82, 2.24) is 19.5 Å². The number of hydrogen-bond acceptors (Lipinski definition) is 8. The molecule has 0 radical (unpaired) electrons. The first kappa shape index (κ1) is 24.3. The lowest BCUT2D eigenvalue weighted by atomic mass is 10.1. The van der Waals surface area contributed by atoms with Crippen molar-refractivity contribution in [3.8, 4) is 21.8 Å². The molecular weight excluding hydrogens is 519 g/mol. The summed E-state index contributed by atoms with van der Waals surface area (Å²) in [5.74, 6) is 1.72. The first-order valence-corrected chi connectivity index (χ1v) is 15.3. The predicted molar refractivity (Wildman–Crippen MR) is 157 cm³/mol. The zero-order valence-electron chi connectivity index (χ0n) is 20.7. The van der Waals surface area contributed by atoms with Gasteiger partial charge in [0.2, 0.25) is 5.95 Å². The molecule has 9 heteroatoms. The Labute approximate surface area is 227 Å². The first-order valence-electron chi connectivity index (χ1n) is 12.5. The van der Waals surface area contributed by atoms with Gasteiger partial charge >= 0.3 is 0 Å². The fourth-order valence-electron chi connectivity index (χ4n) is 4.75. The average Bonchev–Trinajstić information content (AvgIpc) is 3.60. The van der Waals surface area contributed by atoms with Crippen LogP contribution in [0.3, 0.4) is 0 Å². The molecule has 0 amide bonds. The minimum Gasteiger partial charge on any atom is -0.324 e. The third-order valence-corrected chi connectivity index (χ3v) is 9.82. The van der Waals surface area contributed by atoms with Crippen LogP contribution in [0.5, 0.6) is 0 Å². The Kier molecular flexibility index (Phi) is 6.84. The van der Waals surface area contributed by atoms with Crippen LogP contribution in [0.25, 0.3) is 32.9 Å². The van der Waals surface area contributed by atoms with Gasteiger partial charge in [0, 0.05) is 44.9 Å². The Balaban J connectivity index is 1.32. The molecule has 1 N–H and O–H groups in total. The topological polar surface area (TPSA) is 72.7 Å². The molecule has 0 spiro atoms. The maximum atomic E-state index is 13.6. The molecule has 6 rings (SSSR count). The van der Waals surface area contributed by atoms with E-state index in [0.717, 1.165) is 32.2 Å². The molecule has 1 fully saturated rings. The molecule has 1 aromatic carbocycles. The van der Waals surface area contributed by atoms with Gasteiger partial charge in [-0.2, -0.15) is 28.1 Å². The number of thiazole rings is 1. The second-order valence-corrected chi connectivity index (χ2v) is 12.4. The fraction of sp³-hybridized carbons (Fsp3) is 0.286. The number of anilines is 2. The van der Waals surface area contributed by atoms with Crippen LogP contribution in [-0.2, 0) is 6.54 Å². The molecule has 0 saturated carbocycles. The number of rotatable bonds is 6. The van der Waals surface area contributed by atoms with Gasteiger partial charge in [0.1, 0.15) is 10.7 Å². The summed E-state index contributed by atoms with van der Waals surface area (Å²) in [6.45, 7) is 4.49. The molecule has 6 nitrogen and oxygen atoms in total. The second kappa shape index (κ2) is 10.4. The van der Waals surface area contributed by atoms with E-state index in [1.54, 1.807) is 33.4 Å². The maximum absolute atomic E-state index is 13.6. The zero-order valence-corrected chi connectivity index (χ0v) is 23.2. The molecule has 37 heavy (non-hydrogen) atoms. The quantitative estimate of drug-likeness (QED) is 0.236. The Bertz CT molecular complexity index is 1600. The van der Waals surface area contributed by atoms with E-state index in [4.69, 9.17) is 9.97 Å². The summed E-state index contributed by atoms with van der Waals surface area (Å²) in [5.41, 5.74) is 5.26. The molecule has 1 unspecified atom stereocenters. The predicted octanol–water partition coefficient (Wildman–Crippen LogP) is 7.67. The van der Waals surface area contributed by atoms with Crippen LogP contribution in [0.1, 0.15) is 41.9 Å². The number of aryl methyl sites for hydroxylation is 2. The van der Waals surface area contributed by atoms with Crippen LogP contribution in [0.2, 0.25) is 0 Å². The summed E-state index contributed by atoms with van der Waals surface area (Å²) in [6.07, 6.45) is 5.66. The van der Waals surface area contributed by atoms with Gasteiger partial charge in [0.05, 0.1) is 11.3 Å². The lowest BCUT2D eigenvalue weighted by Crippen LogP contribution is -2.22. The molecule has 1 aliphatic heterocycles. The SMILES string of the molecule is CCn1c(=O)c(-c2nc(-c3ccsc3)sc2C)cc2cnc(Nc3ccc(C4CCCCS4)cc3)nc21. The number of thiophene rings is 1. The van der Waals surface area contributed by atoms with E-state index in [1.807, 2.05) is 25.3 Å². The van der Waals surface area contributed by atoms with Gasteiger partial charge in [-0.15, -0.1) is 11.3 Å². The monoisotopic (exact) mass is 545 g/mol. The van der Waals surface area contributed by atoms with E-state index in [2.05, 4.69) is 57.8 Å². The summed E-state index contributed by atoms with van der Waals surface area (Å²) in [5, 5.41) is 9.78. The summed E-state index contributed by atoms with van der Waals surface area (Å²) in [6, 6.07) is 12.5. The van der Waals surface area contributed by atoms with E-state index < -0.39 is 0 Å². The number of hydrogen-bond donors (Lipinski definition) is 1. The number of pyridine rings is 1. The van der Waals surface area contributed by atoms with Crippen LogP contribution in [-0.4, -0.2) is 25.3 Å². The van der Waals surface area contributed by atoms with Gasteiger partial charge in [-0.25, -0.2) is 9.97 Å². The van der Waals surface area contributed by atoms with Gasteiger partial charge in [-0.3, -0.25) is 9.36 Å². The number of aromatic nitrogens is 4. The molecule has 0 bridgehead atoms. The van der Waals surface area contributed by atoms with E-state index in [-0.39, 0.29) is 5.56 Å². The third-order valence-electron chi connectivity index (χ3n) is 6.68. The summed E-state index contributed by atoms with van der Waals surface area (Å²) < 4.78 is 1.71. The van der Waals surface area contributed by atoms with E-state index >= 15 is 0 Å². The normalized spacial score (nSPS) is 15.8. The van der Waals surface area contributed by atoms with Crippen LogP contribution in [0.4, 0.5) is 11.6 Å². The highest BCUT2D eigenvalue weighted by Crippen LogP contribution is 2.38.